The molecule has 0 bridgehead atoms. The molecule has 1 amide bonds. The maximum atomic E-state index is 12.8. The maximum absolute atomic E-state index is 12.8. The van der Waals surface area contributed by atoms with E-state index in [9.17, 15) is 9.59 Å². The summed E-state index contributed by atoms with van der Waals surface area (Å²) in [5.74, 6) is -0.0495. The average Bonchev–Trinajstić information content (AvgIpc) is 3.08. The molecule has 3 rings (SSSR count). The Hall–Kier alpha value is -2.25. The number of carbonyl (C=O) groups excluding carboxylic acids is 2. The number of nitrogens with zero attached hydrogens (tertiary/aromatic N) is 3. The summed E-state index contributed by atoms with van der Waals surface area (Å²) in [5.41, 5.74) is 2.88. The Morgan fingerprint density at radius 2 is 2.04 bits per heavy atom. The third-order valence-corrected chi connectivity index (χ3v) is 5.69. The quantitative estimate of drug-likeness (QED) is 0.640. The van der Waals surface area contributed by atoms with Crippen LogP contribution in [0, 0.1) is 0 Å². The minimum Gasteiger partial charge on any atom is -0.288 e. The van der Waals surface area contributed by atoms with Crippen LogP contribution in [0.4, 0.5) is 5.13 Å². The number of anilines is 1. The summed E-state index contributed by atoms with van der Waals surface area (Å²) in [6.45, 7) is 3.89. The summed E-state index contributed by atoms with van der Waals surface area (Å²) in [5, 5.41) is 0.564. The number of pyridine rings is 1. The maximum Gasteiger partial charge on any atom is 0.239 e. The van der Waals surface area contributed by atoms with Gasteiger partial charge < -0.3 is 0 Å². The van der Waals surface area contributed by atoms with E-state index in [1.54, 1.807) is 11.1 Å². The van der Waals surface area contributed by atoms with Crippen LogP contribution in [0.15, 0.2) is 42.6 Å². The Labute approximate surface area is 160 Å². The number of para-hydroxylation sites is 1. The second kappa shape index (κ2) is 8.42. The number of aromatic nitrogens is 2. The Balaban J connectivity index is 1.96. The van der Waals surface area contributed by atoms with Gasteiger partial charge in [-0.2, -0.15) is 0 Å². The van der Waals surface area contributed by atoms with Gasteiger partial charge in [0.1, 0.15) is 0 Å². The van der Waals surface area contributed by atoms with E-state index in [-0.39, 0.29) is 16.8 Å². The van der Waals surface area contributed by atoms with Crippen molar-refractivity contribution in [1.29, 1.82) is 0 Å². The number of amides is 1. The van der Waals surface area contributed by atoms with Crippen LogP contribution >= 0.6 is 23.1 Å². The second-order valence-electron chi connectivity index (χ2n) is 5.70. The lowest BCUT2D eigenvalue weighted by molar-refractivity contribution is -0.116. The zero-order valence-corrected chi connectivity index (χ0v) is 16.3. The lowest BCUT2D eigenvalue weighted by atomic mass is 10.1. The number of hydrogen-bond acceptors (Lipinski definition) is 6. The average molecular weight is 386 g/mol. The van der Waals surface area contributed by atoms with Crippen molar-refractivity contribution < 1.29 is 9.59 Å². The fourth-order valence-corrected chi connectivity index (χ4v) is 4.06. The number of aryl methyl sites for hydroxylation is 1. The van der Waals surface area contributed by atoms with E-state index in [1.807, 2.05) is 30.3 Å². The lowest BCUT2D eigenvalue weighted by Gasteiger charge is -2.19. The Morgan fingerprint density at radius 1 is 1.19 bits per heavy atom. The lowest BCUT2D eigenvalue weighted by Crippen LogP contribution is -2.32. The zero-order chi connectivity index (χ0) is 18.5. The molecule has 0 saturated carbocycles. The van der Waals surface area contributed by atoms with E-state index >= 15 is 0 Å². The topological polar surface area (TPSA) is 63.2 Å². The number of rotatable bonds is 6. The summed E-state index contributed by atoms with van der Waals surface area (Å²) >= 11 is 2.50. The van der Waals surface area contributed by atoms with E-state index in [4.69, 9.17) is 4.98 Å². The van der Waals surface area contributed by atoms with Crippen molar-refractivity contribution in [2.45, 2.75) is 26.8 Å². The molecule has 0 aliphatic heterocycles. The van der Waals surface area contributed by atoms with Gasteiger partial charge >= 0.3 is 0 Å². The summed E-state index contributed by atoms with van der Waals surface area (Å²) in [4.78, 5) is 34.7. The Bertz CT molecular complexity index is 925. The monoisotopic (exact) mass is 385 g/mol. The molecule has 0 spiro atoms. The molecule has 0 saturated heterocycles. The fourth-order valence-electron chi connectivity index (χ4n) is 2.55. The van der Waals surface area contributed by atoms with Crippen molar-refractivity contribution in [2.75, 3.05) is 10.7 Å². The van der Waals surface area contributed by atoms with Gasteiger partial charge in [-0.25, -0.2) is 4.98 Å². The molecule has 2 heterocycles. The van der Waals surface area contributed by atoms with Crippen LogP contribution in [0.3, 0.4) is 0 Å². The smallest absolute Gasteiger partial charge is 0.239 e. The van der Waals surface area contributed by atoms with Gasteiger partial charge in [-0.1, -0.05) is 48.2 Å². The first kappa shape index (κ1) is 18.5. The first-order valence-electron chi connectivity index (χ1n) is 8.30. The van der Waals surface area contributed by atoms with Gasteiger partial charge in [0.25, 0.3) is 0 Å². The first-order chi connectivity index (χ1) is 12.6. The van der Waals surface area contributed by atoms with Gasteiger partial charge in [0.2, 0.25) is 5.91 Å². The number of carbonyl (C=O) groups is 2. The van der Waals surface area contributed by atoms with Gasteiger partial charge in [-0.05, 0) is 30.2 Å². The van der Waals surface area contributed by atoms with E-state index in [2.05, 4.69) is 18.0 Å². The van der Waals surface area contributed by atoms with E-state index < -0.39 is 0 Å². The molecule has 0 atom stereocenters. The molecule has 5 nitrogen and oxygen atoms in total. The Kier molecular flexibility index (Phi) is 6.00. The normalized spacial score (nSPS) is 10.8. The fraction of sp³-hybridized carbons (Fsp3) is 0.263. The predicted molar refractivity (Wildman–Crippen MR) is 108 cm³/mol. The van der Waals surface area contributed by atoms with Crippen molar-refractivity contribution in [3.05, 3.63) is 53.9 Å². The van der Waals surface area contributed by atoms with Gasteiger partial charge in [-0.15, -0.1) is 0 Å². The highest BCUT2D eigenvalue weighted by Gasteiger charge is 2.21. The number of hydrogen-bond donors (Lipinski definition) is 0. The molecule has 0 radical (unpaired) electrons. The number of benzene rings is 1. The van der Waals surface area contributed by atoms with Gasteiger partial charge in [-0.3, -0.25) is 19.5 Å². The van der Waals surface area contributed by atoms with Gasteiger partial charge in [0, 0.05) is 13.1 Å². The molecule has 26 heavy (non-hydrogen) atoms. The molecule has 0 aliphatic carbocycles. The van der Waals surface area contributed by atoms with Crippen molar-refractivity contribution in [3.63, 3.8) is 0 Å². The van der Waals surface area contributed by atoms with Crippen molar-refractivity contribution in [1.82, 2.24) is 9.97 Å². The Morgan fingerprint density at radius 3 is 2.73 bits per heavy atom. The van der Waals surface area contributed by atoms with Crippen LogP contribution in [-0.2, 0) is 22.6 Å². The minimum atomic E-state index is -0.145. The summed E-state index contributed by atoms with van der Waals surface area (Å²) in [6.07, 6.45) is 2.59. The van der Waals surface area contributed by atoms with Crippen LogP contribution < -0.4 is 4.90 Å². The summed E-state index contributed by atoms with van der Waals surface area (Å²) in [6, 6.07) is 11.7. The van der Waals surface area contributed by atoms with Crippen molar-refractivity contribution >= 4 is 49.5 Å². The number of fused-ring (bicyclic) bond motifs is 1. The van der Waals surface area contributed by atoms with Crippen LogP contribution in [0.25, 0.3) is 10.2 Å². The van der Waals surface area contributed by atoms with Gasteiger partial charge in [0.05, 0.1) is 28.2 Å². The number of thioether (sulfide) groups is 1. The molecular formula is C19H19N3O2S2. The van der Waals surface area contributed by atoms with Crippen molar-refractivity contribution in [2.24, 2.45) is 0 Å². The van der Waals surface area contributed by atoms with Crippen LogP contribution in [-0.4, -0.2) is 26.7 Å². The molecular weight excluding hydrogens is 366 g/mol. The highest BCUT2D eigenvalue weighted by atomic mass is 32.2. The third kappa shape index (κ3) is 4.28. The third-order valence-electron chi connectivity index (χ3n) is 3.85. The molecule has 7 heteroatoms. The summed E-state index contributed by atoms with van der Waals surface area (Å²) in [7, 11) is 0. The largest absolute Gasteiger partial charge is 0.288 e. The molecule has 0 fully saturated rings. The number of thiazole rings is 1. The zero-order valence-electron chi connectivity index (χ0n) is 14.6. The second-order valence-corrected chi connectivity index (χ2v) is 7.86. The molecule has 134 valence electrons. The van der Waals surface area contributed by atoms with E-state index in [1.165, 1.54) is 18.3 Å². The van der Waals surface area contributed by atoms with E-state index in [0.717, 1.165) is 39.7 Å². The molecule has 2 aromatic heterocycles. The molecule has 0 aliphatic rings. The SMILES string of the molecule is CCc1cccc2sc(N(Cc3ccccn3)C(=O)CSC(C)=O)nc12. The highest BCUT2D eigenvalue weighted by Crippen LogP contribution is 2.32. The van der Waals surface area contributed by atoms with Crippen LogP contribution in [0.5, 0.6) is 0 Å². The minimum absolute atomic E-state index is 0.0753. The van der Waals surface area contributed by atoms with Crippen LogP contribution in [0.2, 0.25) is 0 Å². The molecule has 0 unspecified atom stereocenters. The van der Waals surface area contributed by atoms with Gasteiger partial charge in [0.15, 0.2) is 10.2 Å². The highest BCUT2D eigenvalue weighted by molar-refractivity contribution is 8.14. The summed E-state index contributed by atoms with van der Waals surface area (Å²) < 4.78 is 1.05. The molecule has 1 aromatic carbocycles. The molecule has 0 N–H and O–H groups in total. The molecule has 3 aromatic rings. The van der Waals surface area contributed by atoms with Crippen molar-refractivity contribution in [3.8, 4) is 0 Å². The standard InChI is InChI=1S/C19H19N3O2S2/c1-3-14-7-6-9-16-18(14)21-19(26-16)22(17(24)12-25-13(2)23)11-15-8-4-5-10-20-15/h4-10H,3,11-12H2,1-2H3. The predicted octanol–water partition coefficient (Wildman–Crippen LogP) is 4.07. The van der Waals surface area contributed by atoms with Crippen LogP contribution in [0.1, 0.15) is 25.1 Å². The first-order valence-corrected chi connectivity index (χ1v) is 10.1. The van der Waals surface area contributed by atoms with E-state index in [0.29, 0.717) is 11.7 Å².